The number of halogens is 2. The molecule has 2 heterocycles. The number of benzene rings is 1. The lowest BCUT2D eigenvalue weighted by Crippen LogP contribution is -1.91. The molecular weight excluding hydrogens is 323 g/mol. The van der Waals surface area contributed by atoms with Gasteiger partial charge < -0.3 is 5.73 Å². The number of pyridine rings is 1. The Bertz CT molecular complexity index is 755. The van der Waals surface area contributed by atoms with Gasteiger partial charge in [0.15, 0.2) is 5.82 Å². The molecule has 0 aliphatic rings. The maximum atomic E-state index is 13.2. The molecule has 0 spiro atoms. The van der Waals surface area contributed by atoms with E-state index in [0.29, 0.717) is 27.2 Å². The highest BCUT2D eigenvalue weighted by atomic mass is 79.9. The van der Waals surface area contributed by atoms with Crippen LogP contribution in [0.5, 0.6) is 0 Å². The van der Waals surface area contributed by atoms with Crippen LogP contribution in [0.1, 0.15) is 0 Å². The first-order valence-corrected chi connectivity index (χ1v) is 6.67. The van der Waals surface area contributed by atoms with Gasteiger partial charge in [0.25, 0.3) is 0 Å². The number of hydrogen-bond acceptors (Lipinski definition) is 3. The second kappa shape index (κ2) is 5.05. The second-order valence-electron chi connectivity index (χ2n) is 4.20. The minimum atomic E-state index is -0.313. The van der Waals surface area contributed by atoms with Crippen molar-refractivity contribution in [1.82, 2.24) is 15.2 Å². The molecule has 4 nitrogen and oxygen atoms in total. The third-order valence-electron chi connectivity index (χ3n) is 2.92. The molecule has 0 bridgehead atoms. The zero-order valence-electron chi connectivity index (χ0n) is 10.3. The van der Waals surface area contributed by atoms with Gasteiger partial charge in [-0.3, -0.25) is 10.1 Å². The lowest BCUT2D eigenvalue weighted by Gasteiger charge is -2.06. The first-order chi connectivity index (χ1) is 9.66. The highest BCUT2D eigenvalue weighted by Gasteiger charge is 2.17. The molecule has 0 unspecified atom stereocenters. The van der Waals surface area contributed by atoms with Crippen molar-refractivity contribution in [3.63, 3.8) is 0 Å². The number of aromatic amines is 1. The molecule has 0 radical (unpaired) electrons. The molecule has 3 N–H and O–H groups in total. The summed E-state index contributed by atoms with van der Waals surface area (Å²) in [5.41, 5.74) is 8.81. The quantitative estimate of drug-likeness (QED) is 0.753. The van der Waals surface area contributed by atoms with Gasteiger partial charge in [0.2, 0.25) is 0 Å². The summed E-state index contributed by atoms with van der Waals surface area (Å²) >= 11 is 3.35. The van der Waals surface area contributed by atoms with Gasteiger partial charge in [-0.05, 0) is 46.3 Å². The van der Waals surface area contributed by atoms with Gasteiger partial charge in [0.05, 0.1) is 17.0 Å². The van der Waals surface area contributed by atoms with Crippen LogP contribution in [0.4, 0.5) is 10.2 Å². The van der Waals surface area contributed by atoms with Crippen LogP contribution in [0.25, 0.3) is 22.5 Å². The summed E-state index contributed by atoms with van der Waals surface area (Å²) < 4.78 is 13.8. The molecule has 20 heavy (non-hydrogen) atoms. The molecule has 0 aliphatic heterocycles. The van der Waals surface area contributed by atoms with Gasteiger partial charge in [-0.25, -0.2) is 4.39 Å². The van der Waals surface area contributed by atoms with Gasteiger partial charge in [-0.15, -0.1) is 0 Å². The lowest BCUT2D eigenvalue weighted by atomic mass is 10.0. The molecule has 0 amide bonds. The van der Waals surface area contributed by atoms with Crippen molar-refractivity contribution >= 4 is 21.7 Å². The number of rotatable bonds is 2. The van der Waals surface area contributed by atoms with Crippen molar-refractivity contribution < 1.29 is 4.39 Å². The van der Waals surface area contributed by atoms with E-state index in [4.69, 9.17) is 5.73 Å². The third kappa shape index (κ3) is 2.18. The first kappa shape index (κ1) is 12.8. The van der Waals surface area contributed by atoms with E-state index in [0.717, 1.165) is 5.56 Å². The Balaban J connectivity index is 2.21. The van der Waals surface area contributed by atoms with E-state index in [1.807, 2.05) is 18.2 Å². The highest BCUT2D eigenvalue weighted by Crippen LogP contribution is 2.37. The number of hydrogen-bond donors (Lipinski definition) is 2. The largest absolute Gasteiger partial charge is 0.382 e. The van der Waals surface area contributed by atoms with Crippen LogP contribution in [0.2, 0.25) is 0 Å². The zero-order chi connectivity index (χ0) is 14.1. The summed E-state index contributed by atoms with van der Waals surface area (Å²) in [6.45, 7) is 0. The normalized spacial score (nSPS) is 10.7. The zero-order valence-corrected chi connectivity index (χ0v) is 11.9. The fourth-order valence-corrected chi connectivity index (χ4v) is 2.56. The number of nitrogens with one attached hydrogen (secondary N) is 1. The molecule has 0 saturated heterocycles. The Hall–Kier alpha value is -2.21. The summed E-state index contributed by atoms with van der Waals surface area (Å²) in [7, 11) is 0. The molecule has 0 aliphatic carbocycles. The number of anilines is 1. The van der Waals surface area contributed by atoms with Gasteiger partial charge in [-0.2, -0.15) is 5.10 Å². The monoisotopic (exact) mass is 332 g/mol. The summed E-state index contributed by atoms with van der Waals surface area (Å²) in [6.07, 6.45) is 1.69. The van der Waals surface area contributed by atoms with Gasteiger partial charge >= 0.3 is 0 Å². The summed E-state index contributed by atoms with van der Waals surface area (Å²) in [4.78, 5) is 4.29. The molecule has 1 aromatic carbocycles. The van der Waals surface area contributed by atoms with Crippen LogP contribution in [-0.2, 0) is 0 Å². The number of aromatic nitrogens is 3. The number of H-pyrrole nitrogens is 1. The Kier molecular flexibility index (Phi) is 3.23. The molecule has 3 aromatic rings. The van der Waals surface area contributed by atoms with Crippen molar-refractivity contribution in [3.05, 3.63) is 52.9 Å². The number of nitrogens with two attached hydrogens (primary N) is 1. The van der Waals surface area contributed by atoms with Crippen molar-refractivity contribution in [2.24, 2.45) is 0 Å². The average molecular weight is 333 g/mol. The van der Waals surface area contributed by atoms with Crippen LogP contribution < -0.4 is 5.73 Å². The molecule has 0 saturated carbocycles. The Labute approximate surface area is 123 Å². The van der Waals surface area contributed by atoms with E-state index in [1.165, 1.54) is 12.1 Å². The van der Waals surface area contributed by atoms with E-state index < -0.39 is 0 Å². The molecule has 2 aromatic heterocycles. The SMILES string of the molecule is Nc1n[nH]c(-c2ccc(F)cc2Br)c1-c1ccccn1. The predicted octanol–water partition coefficient (Wildman–Crippen LogP) is 3.62. The minimum Gasteiger partial charge on any atom is -0.382 e. The fraction of sp³-hybridized carbons (Fsp3) is 0. The van der Waals surface area contributed by atoms with Crippen LogP contribution >= 0.6 is 15.9 Å². The first-order valence-electron chi connectivity index (χ1n) is 5.87. The fourth-order valence-electron chi connectivity index (χ4n) is 2.01. The van der Waals surface area contributed by atoms with Gasteiger partial charge in [0.1, 0.15) is 5.82 Å². The third-order valence-corrected chi connectivity index (χ3v) is 3.57. The Morgan fingerprint density at radius 1 is 1.20 bits per heavy atom. The van der Waals surface area contributed by atoms with E-state index >= 15 is 0 Å². The van der Waals surface area contributed by atoms with Crippen LogP contribution in [-0.4, -0.2) is 15.2 Å². The molecule has 6 heteroatoms. The molecule has 0 fully saturated rings. The molecule has 100 valence electrons. The van der Waals surface area contributed by atoms with Gasteiger partial charge in [-0.1, -0.05) is 6.07 Å². The van der Waals surface area contributed by atoms with Crippen LogP contribution in [0.15, 0.2) is 47.1 Å². The summed E-state index contributed by atoms with van der Waals surface area (Å²) in [5.74, 6) is 0.0439. The molecule has 3 rings (SSSR count). The minimum absolute atomic E-state index is 0.313. The molecule has 0 atom stereocenters. The Morgan fingerprint density at radius 3 is 2.75 bits per heavy atom. The van der Waals surface area contributed by atoms with Crippen molar-refractivity contribution in [2.45, 2.75) is 0 Å². The van der Waals surface area contributed by atoms with E-state index in [1.54, 1.807) is 12.3 Å². The number of nitrogen functional groups attached to an aromatic ring is 1. The second-order valence-corrected chi connectivity index (χ2v) is 5.05. The predicted molar refractivity (Wildman–Crippen MR) is 79.3 cm³/mol. The van der Waals surface area contributed by atoms with E-state index in [2.05, 4.69) is 31.1 Å². The van der Waals surface area contributed by atoms with E-state index in [9.17, 15) is 4.39 Å². The summed E-state index contributed by atoms with van der Waals surface area (Å²) in [5, 5.41) is 6.91. The smallest absolute Gasteiger partial charge is 0.155 e. The van der Waals surface area contributed by atoms with Crippen molar-refractivity contribution in [1.29, 1.82) is 0 Å². The standard InChI is InChI=1S/C14H10BrFN4/c15-10-7-8(16)4-5-9(10)13-12(14(17)20-19-13)11-3-1-2-6-18-11/h1-7H,(H3,17,19,20). The van der Waals surface area contributed by atoms with E-state index in [-0.39, 0.29) is 5.82 Å². The lowest BCUT2D eigenvalue weighted by molar-refractivity contribution is 0.627. The highest BCUT2D eigenvalue weighted by molar-refractivity contribution is 9.10. The maximum Gasteiger partial charge on any atom is 0.155 e. The van der Waals surface area contributed by atoms with Crippen LogP contribution in [0, 0.1) is 5.82 Å². The maximum absolute atomic E-state index is 13.2. The van der Waals surface area contributed by atoms with Gasteiger partial charge in [0, 0.05) is 16.2 Å². The van der Waals surface area contributed by atoms with Crippen molar-refractivity contribution in [2.75, 3.05) is 5.73 Å². The van der Waals surface area contributed by atoms with Crippen LogP contribution in [0.3, 0.4) is 0 Å². The van der Waals surface area contributed by atoms with Crippen molar-refractivity contribution in [3.8, 4) is 22.5 Å². The number of nitrogens with zero attached hydrogens (tertiary/aromatic N) is 2. The molecular formula is C14H10BrFN4. The Morgan fingerprint density at radius 2 is 2.05 bits per heavy atom. The summed E-state index contributed by atoms with van der Waals surface area (Å²) in [6, 6.07) is 10.0. The topological polar surface area (TPSA) is 67.6 Å². The average Bonchev–Trinajstić information content (AvgIpc) is 2.81.